The van der Waals surface area contributed by atoms with E-state index >= 15 is 4.39 Å². The van der Waals surface area contributed by atoms with Gasteiger partial charge in [0.05, 0.1) is 6.54 Å². The van der Waals surface area contributed by atoms with Crippen LogP contribution in [0.1, 0.15) is 30.5 Å². The summed E-state index contributed by atoms with van der Waals surface area (Å²) in [6.45, 7) is 3.22. The third-order valence-corrected chi connectivity index (χ3v) is 6.11. The Morgan fingerprint density at radius 2 is 1.81 bits per heavy atom. The van der Waals surface area contributed by atoms with E-state index in [4.69, 9.17) is 9.15 Å². The van der Waals surface area contributed by atoms with Crippen LogP contribution in [0.2, 0.25) is 0 Å². The van der Waals surface area contributed by atoms with Crippen LogP contribution in [0.3, 0.4) is 0 Å². The number of anilines is 1. The molecule has 2 aromatic heterocycles. The van der Waals surface area contributed by atoms with Gasteiger partial charge < -0.3 is 14.1 Å². The number of aromatic nitrogens is 4. The molecule has 0 N–H and O–H groups in total. The molecule has 2 aliphatic rings. The van der Waals surface area contributed by atoms with Gasteiger partial charge in [-0.2, -0.15) is 0 Å². The van der Waals surface area contributed by atoms with Gasteiger partial charge in [-0.1, -0.05) is 0 Å². The molecule has 3 aromatic rings. The average molecular weight is 442 g/mol. The van der Waals surface area contributed by atoms with Crippen molar-refractivity contribution in [1.82, 2.24) is 25.1 Å². The van der Waals surface area contributed by atoms with E-state index in [1.54, 1.807) is 0 Å². The van der Waals surface area contributed by atoms with Crippen LogP contribution in [0, 0.1) is 11.6 Å². The van der Waals surface area contributed by atoms with Gasteiger partial charge in [0.2, 0.25) is 11.8 Å². The van der Waals surface area contributed by atoms with Crippen molar-refractivity contribution in [2.75, 3.05) is 38.3 Å². The second-order valence-electron chi connectivity index (χ2n) is 8.26. The van der Waals surface area contributed by atoms with Gasteiger partial charge in [0.25, 0.3) is 0 Å². The summed E-state index contributed by atoms with van der Waals surface area (Å²) < 4.78 is 39.5. The molecule has 2 aliphatic heterocycles. The molecule has 32 heavy (non-hydrogen) atoms. The lowest BCUT2D eigenvalue weighted by Crippen LogP contribution is -2.58. The molecule has 2 saturated heterocycles. The molecule has 1 aromatic carbocycles. The number of likely N-dealkylation sites (N-methyl/N-ethyl adjacent to an activating group) is 1. The van der Waals surface area contributed by atoms with Crippen molar-refractivity contribution < 1.29 is 17.9 Å². The van der Waals surface area contributed by atoms with Gasteiger partial charge >= 0.3 is 0 Å². The van der Waals surface area contributed by atoms with Crippen LogP contribution in [0.25, 0.3) is 11.3 Å². The smallest absolute Gasteiger partial charge is 0.230 e. The van der Waals surface area contributed by atoms with Crippen molar-refractivity contribution in [2.45, 2.75) is 31.3 Å². The van der Waals surface area contributed by atoms with Gasteiger partial charge in [0.15, 0.2) is 11.6 Å². The van der Waals surface area contributed by atoms with Crippen LogP contribution in [-0.4, -0.2) is 64.5 Å². The van der Waals surface area contributed by atoms with Crippen molar-refractivity contribution in [3.8, 4) is 11.3 Å². The maximum absolute atomic E-state index is 15.1. The molecular weight excluding hydrogens is 418 g/mol. The summed E-state index contributed by atoms with van der Waals surface area (Å²) >= 11 is 0. The SMILES string of the molecule is CN(Cc1nnc(C2CCOCC2)o1)C1CN(c2ncnc(-c3ccc(F)cc3)c2F)C1. The Bertz CT molecular complexity index is 1060. The fourth-order valence-corrected chi connectivity index (χ4v) is 4.08. The topological polar surface area (TPSA) is 80.4 Å². The molecule has 2 fully saturated rings. The van der Waals surface area contributed by atoms with Crippen molar-refractivity contribution in [2.24, 2.45) is 0 Å². The molecule has 0 saturated carbocycles. The van der Waals surface area contributed by atoms with E-state index in [0.717, 1.165) is 26.1 Å². The summed E-state index contributed by atoms with van der Waals surface area (Å²) in [4.78, 5) is 12.2. The Balaban J connectivity index is 1.20. The predicted molar refractivity (Wildman–Crippen MR) is 112 cm³/mol. The Kier molecular flexibility index (Phi) is 5.79. The maximum Gasteiger partial charge on any atom is 0.230 e. The van der Waals surface area contributed by atoms with Crippen LogP contribution in [0.5, 0.6) is 0 Å². The molecule has 0 unspecified atom stereocenters. The van der Waals surface area contributed by atoms with Crippen molar-refractivity contribution in [1.29, 1.82) is 0 Å². The van der Waals surface area contributed by atoms with E-state index in [0.29, 0.717) is 37.0 Å². The fraction of sp³-hybridized carbons (Fsp3) is 0.455. The van der Waals surface area contributed by atoms with E-state index < -0.39 is 5.82 Å². The molecule has 0 atom stereocenters. The summed E-state index contributed by atoms with van der Waals surface area (Å²) in [6.07, 6.45) is 3.14. The normalized spacial score (nSPS) is 17.7. The highest BCUT2D eigenvalue weighted by Crippen LogP contribution is 2.30. The molecule has 5 rings (SSSR count). The Hall–Kier alpha value is -2.98. The lowest BCUT2D eigenvalue weighted by Gasteiger charge is -2.44. The van der Waals surface area contributed by atoms with Crippen LogP contribution < -0.4 is 4.90 Å². The van der Waals surface area contributed by atoms with Gasteiger partial charge in [-0.3, -0.25) is 4.90 Å². The minimum Gasteiger partial charge on any atom is -0.424 e. The minimum absolute atomic E-state index is 0.165. The van der Waals surface area contributed by atoms with Crippen molar-refractivity contribution in [3.05, 3.63) is 54.0 Å². The maximum atomic E-state index is 15.1. The van der Waals surface area contributed by atoms with Crippen LogP contribution >= 0.6 is 0 Å². The van der Waals surface area contributed by atoms with Crippen molar-refractivity contribution >= 4 is 5.82 Å². The lowest BCUT2D eigenvalue weighted by atomic mass is 10.0. The molecule has 0 radical (unpaired) electrons. The standard InChI is InChI=1S/C22H24F2N6O2/c1-29(12-18-27-28-22(32-18)15-6-8-31-9-7-15)17-10-30(11-17)21-19(24)20(25-13-26-21)14-2-4-16(23)5-3-14/h2-5,13,15,17H,6-12H2,1H3. The fourth-order valence-electron chi connectivity index (χ4n) is 4.08. The number of hydrogen-bond acceptors (Lipinski definition) is 8. The lowest BCUT2D eigenvalue weighted by molar-refractivity contribution is 0.0786. The second kappa shape index (κ2) is 8.87. The van der Waals surface area contributed by atoms with E-state index in [1.165, 1.54) is 30.6 Å². The highest BCUT2D eigenvalue weighted by atomic mass is 19.1. The summed E-state index contributed by atoms with van der Waals surface area (Å²) in [5.41, 5.74) is 0.678. The van der Waals surface area contributed by atoms with Crippen LogP contribution in [0.15, 0.2) is 35.0 Å². The number of nitrogens with zero attached hydrogens (tertiary/aromatic N) is 6. The van der Waals surface area contributed by atoms with Gasteiger partial charge in [-0.05, 0) is 44.2 Å². The first-order chi connectivity index (χ1) is 15.6. The van der Waals surface area contributed by atoms with E-state index in [-0.39, 0.29) is 29.3 Å². The third-order valence-electron chi connectivity index (χ3n) is 6.11. The number of halogens is 2. The predicted octanol–water partition coefficient (Wildman–Crippen LogP) is 3.02. The monoisotopic (exact) mass is 442 g/mol. The van der Waals surface area contributed by atoms with Crippen molar-refractivity contribution in [3.63, 3.8) is 0 Å². The molecule has 8 nitrogen and oxygen atoms in total. The largest absolute Gasteiger partial charge is 0.424 e. The quantitative estimate of drug-likeness (QED) is 0.576. The molecule has 0 spiro atoms. The minimum atomic E-state index is -0.502. The number of ether oxygens (including phenoxy) is 1. The van der Waals surface area contributed by atoms with E-state index in [1.807, 2.05) is 11.9 Å². The summed E-state index contributed by atoms with van der Waals surface area (Å²) in [6, 6.07) is 5.80. The first kappa shape index (κ1) is 20.9. The van der Waals surface area contributed by atoms with E-state index in [2.05, 4.69) is 25.1 Å². The highest BCUT2D eigenvalue weighted by Gasteiger charge is 2.34. The molecule has 0 bridgehead atoms. The Morgan fingerprint density at radius 3 is 2.56 bits per heavy atom. The van der Waals surface area contributed by atoms with Crippen LogP contribution in [-0.2, 0) is 11.3 Å². The molecule has 0 amide bonds. The average Bonchev–Trinajstić information content (AvgIpc) is 3.24. The number of benzene rings is 1. The van der Waals surface area contributed by atoms with Gasteiger partial charge in [0.1, 0.15) is 17.8 Å². The summed E-state index contributed by atoms with van der Waals surface area (Å²) in [7, 11) is 1.99. The number of rotatable bonds is 6. The zero-order valence-electron chi connectivity index (χ0n) is 17.7. The van der Waals surface area contributed by atoms with Gasteiger partial charge in [-0.15, -0.1) is 10.2 Å². The Morgan fingerprint density at radius 1 is 1.06 bits per heavy atom. The molecule has 0 aliphatic carbocycles. The molecule has 10 heteroatoms. The first-order valence-corrected chi connectivity index (χ1v) is 10.7. The molecular formula is C22H24F2N6O2. The molecule has 168 valence electrons. The molecule has 4 heterocycles. The Labute approximate surface area is 184 Å². The van der Waals surface area contributed by atoms with Gasteiger partial charge in [-0.25, -0.2) is 18.7 Å². The zero-order chi connectivity index (χ0) is 22.1. The first-order valence-electron chi connectivity index (χ1n) is 10.7. The zero-order valence-corrected chi connectivity index (χ0v) is 17.7. The number of hydrogen-bond donors (Lipinski definition) is 0. The summed E-state index contributed by atoms with van der Waals surface area (Å²) in [5.74, 6) is 0.910. The third kappa shape index (κ3) is 4.20. The van der Waals surface area contributed by atoms with Crippen LogP contribution in [0.4, 0.5) is 14.6 Å². The second-order valence-corrected chi connectivity index (χ2v) is 8.26. The van der Waals surface area contributed by atoms with Gasteiger partial charge in [0, 0.05) is 43.8 Å². The summed E-state index contributed by atoms with van der Waals surface area (Å²) in [5, 5.41) is 8.41. The highest BCUT2D eigenvalue weighted by molar-refractivity contribution is 5.64. The van der Waals surface area contributed by atoms with E-state index in [9.17, 15) is 4.39 Å².